The Balaban J connectivity index is 1.91. The average molecular weight is 182 g/mol. The van der Waals surface area contributed by atoms with Crippen molar-refractivity contribution >= 4 is 0 Å². The van der Waals surface area contributed by atoms with Gasteiger partial charge in [0.1, 0.15) is 0 Å². The van der Waals surface area contributed by atoms with E-state index >= 15 is 0 Å². The van der Waals surface area contributed by atoms with Crippen LogP contribution < -0.4 is 5.73 Å². The number of hydrogen-bond donors (Lipinski definition) is 1. The zero-order valence-corrected chi connectivity index (χ0v) is 8.92. The second-order valence-corrected chi connectivity index (χ2v) is 5.01. The van der Waals surface area contributed by atoms with E-state index in [1.165, 1.54) is 32.4 Å². The molecule has 2 heteroatoms. The lowest BCUT2D eigenvalue weighted by Gasteiger charge is -2.51. The molecule has 0 amide bonds. The van der Waals surface area contributed by atoms with Gasteiger partial charge in [0.2, 0.25) is 0 Å². The summed E-state index contributed by atoms with van der Waals surface area (Å²) in [6.45, 7) is 8.07. The van der Waals surface area contributed by atoms with Gasteiger partial charge < -0.3 is 5.73 Å². The first-order valence-electron chi connectivity index (χ1n) is 5.65. The van der Waals surface area contributed by atoms with Gasteiger partial charge in [-0.25, -0.2) is 0 Å². The molecule has 0 bridgehead atoms. The molecule has 2 nitrogen and oxygen atoms in total. The molecular weight excluding hydrogens is 160 g/mol. The van der Waals surface area contributed by atoms with Crippen LogP contribution in [0.5, 0.6) is 0 Å². The third-order valence-corrected chi connectivity index (χ3v) is 4.13. The molecule has 13 heavy (non-hydrogen) atoms. The molecular formula is C11H22N2. The number of rotatable bonds is 4. The van der Waals surface area contributed by atoms with Crippen LogP contribution >= 0.6 is 0 Å². The van der Waals surface area contributed by atoms with Crippen LogP contribution in [0.3, 0.4) is 0 Å². The molecule has 1 aliphatic heterocycles. The average Bonchev–Trinajstić information content (AvgIpc) is 2.84. The maximum Gasteiger partial charge on any atom is 0.0331 e. The minimum atomic E-state index is 0.339. The van der Waals surface area contributed by atoms with Crippen LogP contribution in [-0.2, 0) is 0 Å². The van der Waals surface area contributed by atoms with Crippen LogP contribution in [0.15, 0.2) is 0 Å². The molecule has 1 atom stereocenters. The minimum Gasteiger partial charge on any atom is -0.329 e. The molecule has 0 aromatic carbocycles. The Morgan fingerprint density at radius 2 is 2.00 bits per heavy atom. The van der Waals surface area contributed by atoms with Crippen molar-refractivity contribution in [3.63, 3.8) is 0 Å². The zero-order chi connectivity index (χ0) is 9.47. The van der Waals surface area contributed by atoms with Crippen molar-refractivity contribution in [2.75, 3.05) is 19.6 Å². The minimum absolute atomic E-state index is 0.339. The van der Waals surface area contributed by atoms with Gasteiger partial charge in [0.05, 0.1) is 0 Å². The predicted octanol–water partition coefficient (Wildman–Crippen LogP) is 1.46. The summed E-state index contributed by atoms with van der Waals surface area (Å²) in [5.41, 5.74) is 6.24. The van der Waals surface area contributed by atoms with Crippen LogP contribution in [-0.4, -0.2) is 30.1 Å². The Morgan fingerprint density at radius 3 is 2.38 bits per heavy atom. The van der Waals surface area contributed by atoms with E-state index in [4.69, 9.17) is 5.73 Å². The van der Waals surface area contributed by atoms with E-state index in [1.54, 1.807) is 0 Å². The summed E-state index contributed by atoms with van der Waals surface area (Å²) < 4.78 is 0. The first-order valence-corrected chi connectivity index (χ1v) is 5.65. The molecule has 0 aromatic rings. The third kappa shape index (κ3) is 1.50. The van der Waals surface area contributed by atoms with Gasteiger partial charge in [-0.2, -0.15) is 0 Å². The summed E-state index contributed by atoms with van der Waals surface area (Å²) in [5, 5.41) is 0. The van der Waals surface area contributed by atoms with Crippen molar-refractivity contribution < 1.29 is 0 Å². The first-order chi connectivity index (χ1) is 6.20. The van der Waals surface area contributed by atoms with E-state index in [9.17, 15) is 0 Å². The second-order valence-electron chi connectivity index (χ2n) is 5.01. The quantitative estimate of drug-likeness (QED) is 0.713. The maximum absolute atomic E-state index is 5.90. The Labute approximate surface area is 81.5 Å². The summed E-state index contributed by atoms with van der Waals surface area (Å²) >= 11 is 0. The van der Waals surface area contributed by atoms with Gasteiger partial charge >= 0.3 is 0 Å². The number of nitrogens with zero attached hydrogens (tertiary/aromatic N) is 1. The van der Waals surface area contributed by atoms with E-state index in [0.717, 1.165) is 18.4 Å². The molecule has 0 radical (unpaired) electrons. The summed E-state index contributed by atoms with van der Waals surface area (Å²) in [6, 6.07) is 0. The molecule has 0 spiro atoms. The van der Waals surface area contributed by atoms with E-state index in [1.807, 2.05) is 0 Å². The van der Waals surface area contributed by atoms with E-state index < -0.39 is 0 Å². The topological polar surface area (TPSA) is 29.3 Å². The predicted molar refractivity (Wildman–Crippen MR) is 55.5 cm³/mol. The molecule has 2 rings (SSSR count). The second kappa shape index (κ2) is 3.25. The molecule has 2 N–H and O–H groups in total. The van der Waals surface area contributed by atoms with Gasteiger partial charge in [-0.1, -0.05) is 13.3 Å². The number of likely N-dealkylation sites (tertiary alicyclic amines) is 1. The van der Waals surface area contributed by atoms with Crippen LogP contribution in [0.1, 0.15) is 33.1 Å². The maximum atomic E-state index is 5.90. The molecule has 1 heterocycles. The molecule has 76 valence electrons. The van der Waals surface area contributed by atoms with E-state index in [2.05, 4.69) is 18.7 Å². The van der Waals surface area contributed by atoms with Gasteiger partial charge in [0.25, 0.3) is 0 Å². The van der Waals surface area contributed by atoms with E-state index in [-0.39, 0.29) is 0 Å². The van der Waals surface area contributed by atoms with Crippen LogP contribution in [0.2, 0.25) is 0 Å². The van der Waals surface area contributed by atoms with Crippen molar-refractivity contribution in [2.45, 2.75) is 38.6 Å². The fourth-order valence-corrected chi connectivity index (χ4v) is 2.50. The van der Waals surface area contributed by atoms with Crippen molar-refractivity contribution in [2.24, 2.45) is 17.6 Å². The largest absolute Gasteiger partial charge is 0.329 e. The normalized spacial score (nSPS) is 29.8. The van der Waals surface area contributed by atoms with Crippen LogP contribution in [0, 0.1) is 11.8 Å². The van der Waals surface area contributed by atoms with E-state index in [0.29, 0.717) is 5.54 Å². The Hall–Kier alpha value is -0.0800. The van der Waals surface area contributed by atoms with Gasteiger partial charge in [0, 0.05) is 25.2 Å². The summed E-state index contributed by atoms with van der Waals surface area (Å²) in [4.78, 5) is 2.61. The molecule has 0 aromatic heterocycles. The van der Waals surface area contributed by atoms with Gasteiger partial charge in [-0.3, -0.25) is 4.90 Å². The highest BCUT2D eigenvalue weighted by Gasteiger charge is 2.48. The molecule has 2 fully saturated rings. The third-order valence-electron chi connectivity index (χ3n) is 4.13. The zero-order valence-electron chi connectivity index (χ0n) is 8.92. The van der Waals surface area contributed by atoms with Gasteiger partial charge in [-0.15, -0.1) is 0 Å². The van der Waals surface area contributed by atoms with Gasteiger partial charge in [-0.05, 0) is 31.6 Å². The Morgan fingerprint density at radius 1 is 1.38 bits per heavy atom. The van der Waals surface area contributed by atoms with Crippen molar-refractivity contribution in [1.29, 1.82) is 0 Å². The molecule has 1 saturated carbocycles. The lowest BCUT2D eigenvalue weighted by Crippen LogP contribution is -2.62. The summed E-state index contributed by atoms with van der Waals surface area (Å²) in [5.74, 6) is 1.85. The lowest BCUT2D eigenvalue weighted by molar-refractivity contribution is -0.0155. The van der Waals surface area contributed by atoms with Crippen molar-refractivity contribution in [3.05, 3.63) is 0 Å². The highest BCUT2D eigenvalue weighted by Crippen LogP contribution is 2.45. The molecule has 1 aliphatic carbocycles. The Kier molecular flexibility index (Phi) is 2.37. The lowest BCUT2D eigenvalue weighted by atomic mass is 9.85. The van der Waals surface area contributed by atoms with Crippen LogP contribution in [0.4, 0.5) is 0 Å². The summed E-state index contributed by atoms with van der Waals surface area (Å²) in [6.07, 6.45) is 4.14. The van der Waals surface area contributed by atoms with Gasteiger partial charge in [0.15, 0.2) is 0 Å². The fraction of sp³-hybridized carbons (Fsp3) is 1.00. The Bertz CT molecular complexity index is 183. The number of nitrogens with two attached hydrogens (primary N) is 1. The summed E-state index contributed by atoms with van der Waals surface area (Å²) in [7, 11) is 0. The number of hydrogen-bond acceptors (Lipinski definition) is 2. The fourth-order valence-electron chi connectivity index (χ4n) is 2.50. The smallest absolute Gasteiger partial charge is 0.0331 e. The standard InChI is InChI=1S/C11H22N2/c1-3-9-6-13(7-9)11(2,8-12)10-4-5-10/h9-10H,3-8,12H2,1-2H3. The molecule has 2 aliphatic rings. The molecule has 1 unspecified atom stereocenters. The first kappa shape index (κ1) is 9.47. The van der Waals surface area contributed by atoms with Crippen LogP contribution in [0.25, 0.3) is 0 Å². The highest BCUT2D eigenvalue weighted by atomic mass is 15.3. The highest BCUT2D eigenvalue weighted by molar-refractivity contribution is 5.03. The molecule has 1 saturated heterocycles. The van der Waals surface area contributed by atoms with Crippen molar-refractivity contribution in [3.8, 4) is 0 Å². The van der Waals surface area contributed by atoms with Crippen molar-refractivity contribution in [1.82, 2.24) is 4.90 Å². The SMILES string of the molecule is CCC1CN(C(C)(CN)C2CC2)C1. The monoisotopic (exact) mass is 182 g/mol.